The lowest BCUT2D eigenvalue weighted by molar-refractivity contribution is -0.141. The van der Waals surface area contributed by atoms with Gasteiger partial charge in [0, 0.05) is 31.3 Å². The van der Waals surface area contributed by atoms with Crippen LogP contribution in [-0.4, -0.2) is 31.1 Å². The SMILES string of the molecule is CN(Cc1ccccc1Br)C(=O)C1(c2cccc(C(F)(F)F)c2)CCOCC1. The molecular weight excluding hydrogens is 435 g/mol. The summed E-state index contributed by atoms with van der Waals surface area (Å²) in [5, 5.41) is 0. The summed E-state index contributed by atoms with van der Waals surface area (Å²) in [7, 11) is 1.69. The topological polar surface area (TPSA) is 29.5 Å². The highest BCUT2D eigenvalue weighted by atomic mass is 79.9. The molecule has 0 aromatic heterocycles. The molecule has 0 atom stereocenters. The molecule has 0 N–H and O–H groups in total. The first-order valence-corrected chi connectivity index (χ1v) is 9.78. The van der Waals surface area contributed by atoms with Crippen LogP contribution in [-0.2, 0) is 27.7 Å². The molecule has 1 heterocycles. The van der Waals surface area contributed by atoms with E-state index in [1.165, 1.54) is 6.07 Å². The van der Waals surface area contributed by atoms with Crippen LogP contribution in [0.5, 0.6) is 0 Å². The molecule has 1 fully saturated rings. The number of nitrogens with zero attached hydrogens (tertiary/aromatic N) is 1. The van der Waals surface area contributed by atoms with Crippen molar-refractivity contribution in [3.63, 3.8) is 0 Å². The number of halogens is 4. The summed E-state index contributed by atoms with van der Waals surface area (Å²) in [5.74, 6) is -0.189. The Morgan fingerprint density at radius 2 is 1.82 bits per heavy atom. The van der Waals surface area contributed by atoms with Crippen LogP contribution in [0.15, 0.2) is 53.0 Å². The van der Waals surface area contributed by atoms with Crippen molar-refractivity contribution in [2.45, 2.75) is 31.0 Å². The van der Waals surface area contributed by atoms with Gasteiger partial charge >= 0.3 is 6.18 Å². The van der Waals surface area contributed by atoms with Crippen molar-refractivity contribution in [2.24, 2.45) is 0 Å². The Morgan fingerprint density at radius 1 is 1.14 bits per heavy atom. The summed E-state index contributed by atoms with van der Waals surface area (Å²) < 4.78 is 46.0. The Bertz CT molecular complexity index is 848. The predicted octanol–water partition coefficient (Wildman–Crippen LogP) is 5.17. The molecule has 28 heavy (non-hydrogen) atoms. The van der Waals surface area contributed by atoms with Crippen LogP contribution in [0.3, 0.4) is 0 Å². The Kier molecular flexibility index (Phi) is 6.15. The Labute approximate surface area is 170 Å². The third-order valence-electron chi connectivity index (χ3n) is 5.21. The van der Waals surface area contributed by atoms with E-state index in [2.05, 4.69) is 15.9 Å². The molecule has 0 aliphatic carbocycles. The van der Waals surface area contributed by atoms with E-state index in [0.29, 0.717) is 38.2 Å². The smallest absolute Gasteiger partial charge is 0.381 e. The summed E-state index contributed by atoms with van der Waals surface area (Å²) in [4.78, 5) is 15.1. The first kappa shape index (κ1) is 20.9. The summed E-state index contributed by atoms with van der Waals surface area (Å²) in [6.45, 7) is 1.04. The van der Waals surface area contributed by atoms with E-state index in [4.69, 9.17) is 4.74 Å². The van der Waals surface area contributed by atoms with Gasteiger partial charge in [0.1, 0.15) is 0 Å². The fraction of sp³-hybridized carbons (Fsp3) is 0.381. The lowest BCUT2D eigenvalue weighted by Crippen LogP contribution is -2.48. The van der Waals surface area contributed by atoms with Crippen LogP contribution in [0.1, 0.15) is 29.5 Å². The Hall–Kier alpha value is -1.86. The van der Waals surface area contributed by atoms with Gasteiger partial charge in [-0.2, -0.15) is 13.2 Å². The first-order valence-electron chi connectivity index (χ1n) is 8.98. The van der Waals surface area contributed by atoms with Crippen molar-refractivity contribution >= 4 is 21.8 Å². The fourth-order valence-corrected chi connectivity index (χ4v) is 4.07. The number of likely N-dealkylation sites (N-methyl/N-ethyl adjacent to an activating group) is 1. The van der Waals surface area contributed by atoms with Gasteiger partial charge < -0.3 is 9.64 Å². The highest BCUT2D eigenvalue weighted by Gasteiger charge is 2.44. The number of benzene rings is 2. The van der Waals surface area contributed by atoms with Gasteiger partial charge in [0.2, 0.25) is 5.91 Å². The zero-order chi connectivity index (χ0) is 20.4. The predicted molar refractivity (Wildman–Crippen MR) is 104 cm³/mol. The van der Waals surface area contributed by atoms with Gasteiger partial charge in [-0.15, -0.1) is 0 Å². The fourth-order valence-electron chi connectivity index (χ4n) is 3.66. The monoisotopic (exact) mass is 455 g/mol. The van der Waals surface area contributed by atoms with Crippen molar-refractivity contribution in [3.8, 4) is 0 Å². The van der Waals surface area contributed by atoms with Gasteiger partial charge in [0.25, 0.3) is 0 Å². The second-order valence-corrected chi connectivity index (χ2v) is 7.88. The highest BCUT2D eigenvalue weighted by molar-refractivity contribution is 9.10. The average Bonchev–Trinajstić information content (AvgIpc) is 2.69. The van der Waals surface area contributed by atoms with E-state index in [1.807, 2.05) is 24.3 Å². The van der Waals surface area contributed by atoms with Crippen molar-refractivity contribution in [1.29, 1.82) is 0 Å². The number of rotatable bonds is 4. The number of hydrogen-bond donors (Lipinski definition) is 0. The molecule has 2 aromatic carbocycles. The molecule has 3 rings (SSSR count). The van der Waals surface area contributed by atoms with E-state index in [-0.39, 0.29) is 5.91 Å². The average molecular weight is 456 g/mol. The zero-order valence-electron chi connectivity index (χ0n) is 15.4. The lowest BCUT2D eigenvalue weighted by atomic mass is 9.72. The van der Waals surface area contributed by atoms with Crippen molar-refractivity contribution in [1.82, 2.24) is 4.90 Å². The molecule has 0 radical (unpaired) electrons. The number of carbonyl (C=O) groups is 1. The van der Waals surface area contributed by atoms with Crippen molar-refractivity contribution in [2.75, 3.05) is 20.3 Å². The molecule has 0 saturated carbocycles. The summed E-state index contributed by atoms with van der Waals surface area (Å²) in [6, 6.07) is 12.7. The number of hydrogen-bond acceptors (Lipinski definition) is 2. The van der Waals surface area contributed by atoms with Gasteiger partial charge in [-0.1, -0.05) is 52.3 Å². The van der Waals surface area contributed by atoms with Crippen molar-refractivity contribution in [3.05, 3.63) is 69.7 Å². The summed E-state index contributed by atoms with van der Waals surface area (Å²) >= 11 is 3.48. The van der Waals surface area contributed by atoms with Gasteiger partial charge in [0.15, 0.2) is 0 Å². The molecule has 0 spiro atoms. The molecule has 3 nitrogen and oxygen atoms in total. The summed E-state index contributed by atoms with van der Waals surface area (Å²) in [5.41, 5.74) is -0.425. The minimum Gasteiger partial charge on any atom is -0.381 e. The molecule has 2 aromatic rings. The molecule has 1 aliphatic heterocycles. The molecule has 150 valence electrons. The highest BCUT2D eigenvalue weighted by Crippen LogP contribution is 2.39. The molecular formula is C21H21BrF3NO2. The molecule has 7 heteroatoms. The Morgan fingerprint density at radius 3 is 2.46 bits per heavy atom. The molecule has 1 saturated heterocycles. The minimum absolute atomic E-state index is 0.189. The third kappa shape index (κ3) is 4.25. The van der Waals surface area contributed by atoms with Crippen LogP contribution in [0, 0.1) is 0 Å². The molecule has 1 aliphatic rings. The minimum atomic E-state index is -4.45. The molecule has 0 bridgehead atoms. The number of amides is 1. The van der Waals surface area contributed by atoms with Gasteiger partial charge in [-0.25, -0.2) is 0 Å². The number of ether oxygens (including phenoxy) is 1. The maximum Gasteiger partial charge on any atom is 0.416 e. The van der Waals surface area contributed by atoms with Gasteiger partial charge in [-0.3, -0.25) is 4.79 Å². The third-order valence-corrected chi connectivity index (χ3v) is 5.98. The number of alkyl halides is 3. The molecule has 1 amide bonds. The number of carbonyl (C=O) groups excluding carboxylic acids is 1. The van der Waals surface area contributed by atoms with Gasteiger partial charge in [-0.05, 0) is 36.1 Å². The van der Waals surface area contributed by atoms with E-state index in [1.54, 1.807) is 18.0 Å². The van der Waals surface area contributed by atoms with Gasteiger partial charge in [0.05, 0.1) is 11.0 Å². The second kappa shape index (κ2) is 8.25. The lowest BCUT2D eigenvalue weighted by Gasteiger charge is -2.39. The van der Waals surface area contributed by atoms with Crippen LogP contribution in [0.25, 0.3) is 0 Å². The maximum atomic E-state index is 13.5. The van der Waals surface area contributed by atoms with E-state index in [9.17, 15) is 18.0 Å². The first-order chi connectivity index (χ1) is 13.2. The standard InChI is InChI=1S/C21H21BrF3NO2/c1-26(14-15-5-2-3-8-18(15)22)19(27)20(9-11-28-12-10-20)16-6-4-7-17(13-16)21(23,24)25/h2-8,13H,9-12,14H2,1H3. The van der Waals surface area contributed by atoms with Crippen LogP contribution in [0.4, 0.5) is 13.2 Å². The van der Waals surface area contributed by atoms with Crippen LogP contribution >= 0.6 is 15.9 Å². The maximum absolute atomic E-state index is 13.5. The zero-order valence-corrected chi connectivity index (χ0v) is 17.0. The summed E-state index contributed by atoms with van der Waals surface area (Å²) in [6.07, 6.45) is -3.74. The van der Waals surface area contributed by atoms with E-state index < -0.39 is 17.2 Å². The Balaban J connectivity index is 1.95. The quantitative estimate of drug-likeness (QED) is 0.635. The van der Waals surface area contributed by atoms with E-state index >= 15 is 0 Å². The largest absolute Gasteiger partial charge is 0.416 e. The van der Waals surface area contributed by atoms with Crippen molar-refractivity contribution < 1.29 is 22.7 Å². The van der Waals surface area contributed by atoms with Crippen LogP contribution < -0.4 is 0 Å². The normalized spacial score (nSPS) is 16.6. The van der Waals surface area contributed by atoms with Crippen LogP contribution in [0.2, 0.25) is 0 Å². The molecule has 0 unspecified atom stereocenters. The van der Waals surface area contributed by atoms with E-state index in [0.717, 1.165) is 22.2 Å². The second-order valence-electron chi connectivity index (χ2n) is 7.03.